The molecule has 110 valence electrons. The van der Waals surface area contributed by atoms with E-state index in [-0.39, 0.29) is 5.97 Å². The van der Waals surface area contributed by atoms with Crippen LogP contribution in [-0.4, -0.2) is 59.8 Å². The van der Waals surface area contributed by atoms with E-state index in [0.29, 0.717) is 19.6 Å². The van der Waals surface area contributed by atoms with E-state index in [1.807, 2.05) is 6.92 Å². The lowest BCUT2D eigenvalue weighted by Gasteiger charge is -2.20. The zero-order valence-electron chi connectivity index (χ0n) is 11.0. The first-order valence-electron chi connectivity index (χ1n) is 5.96. The van der Waals surface area contributed by atoms with E-state index >= 15 is 0 Å². The molecule has 0 aromatic heterocycles. The predicted molar refractivity (Wildman–Crippen MR) is 67.7 cm³/mol. The molecule has 0 saturated carbocycles. The largest absolute Gasteiger partial charge is 0.464 e. The third kappa shape index (κ3) is 11.7. The summed E-state index contributed by atoms with van der Waals surface area (Å²) in [4.78, 5) is 10.7. The fourth-order valence-electron chi connectivity index (χ4n) is 0.716. The van der Waals surface area contributed by atoms with E-state index in [2.05, 4.69) is 0 Å². The van der Waals surface area contributed by atoms with Crippen molar-refractivity contribution < 1.29 is 24.9 Å². The molecule has 0 aliphatic carbocycles. The summed E-state index contributed by atoms with van der Waals surface area (Å²) in [7, 11) is 0. The van der Waals surface area contributed by atoms with E-state index in [0.717, 1.165) is 12.8 Å². The van der Waals surface area contributed by atoms with Crippen LogP contribution in [0.1, 0.15) is 26.2 Å². The molecule has 0 aromatic carbocycles. The topological polar surface area (TPSA) is 139 Å². The molecule has 0 aromatic rings. The first kappa shape index (κ1) is 19.6. The minimum absolute atomic E-state index is 0.132. The fourth-order valence-corrected chi connectivity index (χ4v) is 0.716. The van der Waals surface area contributed by atoms with E-state index in [9.17, 15) is 4.79 Å². The summed E-state index contributed by atoms with van der Waals surface area (Å²) in [5.41, 5.74) is 9.07. The Morgan fingerprint density at radius 2 is 1.72 bits per heavy atom. The van der Waals surface area contributed by atoms with Crippen LogP contribution in [0.5, 0.6) is 0 Å². The molecule has 7 nitrogen and oxygen atoms in total. The van der Waals surface area contributed by atoms with Gasteiger partial charge in [-0.1, -0.05) is 13.3 Å². The van der Waals surface area contributed by atoms with Gasteiger partial charge in [-0.25, -0.2) is 0 Å². The minimum Gasteiger partial charge on any atom is -0.464 e. The summed E-state index contributed by atoms with van der Waals surface area (Å²) in [6.45, 7) is 1.59. The SMILES string of the molecule is CCCCC(=O)OCCN.NC(CO)(CO)CO. The Balaban J connectivity index is 0. The number of rotatable bonds is 8. The van der Waals surface area contributed by atoms with Crippen LogP contribution in [0.2, 0.25) is 0 Å². The van der Waals surface area contributed by atoms with E-state index in [4.69, 9.17) is 31.5 Å². The number of aliphatic hydroxyl groups is 3. The van der Waals surface area contributed by atoms with Crippen LogP contribution in [0.25, 0.3) is 0 Å². The summed E-state index contributed by atoms with van der Waals surface area (Å²) in [5, 5.41) is 25.0. The normalized spacial score (nSPS) is 10.6. The van der Waals surface area contributed by atoms with Crippen LogP contribution < -0.4 is 11.5 Å². The number of hydrogen-bond acceptors (Lipinski definition) is 7. The summed E-state index contributed by atoms with van der Waals surface area (Å²) in [6, 6.07) is 0. The van der Waals surface area contributed by atoms with Crippen molar-refractivity contribution in [3.8, 4) is 0 Å². The third-order valence-electron chi connectivity index (χ3n) is 2.06. The van der Waals surface area contributed by atoms with Gasteiger partial charge in [0.15, 0.2) is 0 Å². The van der Waals surface area contributed by atoms with Crippen molar-refractivity contribution >= 4 is 5.97 Å². The number of ether oxygens (including phenoxy) is 1. The highest BCUT2D eigenvalue weighted by molar-refractivity contribution is 5.69. The highest BCUT2D eigenvalue weighted by Crippen LogP contribution is 1.95. The first-order valence-corrected chi connectivity index (χ1v) is 5.96. The Labute approximate surface area is 108 Å². The lowest BCUT2D eigenvalue weighted by molar-refractivity contribution is -0.143. The van der Waals surface area contributed by atoms with Crippen LogP contribution in [0.3, 0.4) is 0 Å². The number of nitrogens with two attached hydrogens (primary N) is 2. The Hall–Kier alpha value is -0.730. The Morgan fingerprint density at radius 1 is 1.22 bits per heavy atom. The summed E-state index contributed by atoms with van der Waals surface area (Å²) < 4.78 is 4.73. The van der Waals surface area contributed by atoms with Crippen LogP contribution in [0.15, 0.2) is 0 Å². The number of aliphatic hydroxyl groups excluding tert-OH is 3. The Kier molecular flexibility index (Phi) is 13.9. The van der Waals surface area contributed by atoms with Gasteiger partial charge in [0.2, 0.25) is 0 Å². The van der Waals surface area contributed by atoms with E-state index in [1.165, 1.54) is 0 Å². The second kappa shape index (κ2) is 12.7. The van der Waals surface area contributed by atoms with Gasteiger partial charge < -0.3 is 31.5 Å². The van der Waals surface area contributed by atoms with Crippen molar-refractivity contribution in [2.75, 3.05) is 33.0 Å². The van der Waals surface area contributed by atoms with E-state index in [1.54, 1.807) is 0 Å². The third-order valence-corrected chi connectivity index (χ3v) is 2.06. The second-order valence-corrected chi connectivity index (χ2v) is 3.95. The number of carbonyl (C=O) groups is 1. The van der Waals surface area contributed by atoms with Crippen LogP contribution >= 0.6 is 0 Å². The molecule has 0 unspecified atom stereocenters. The molecular formula is C11H26N2O5. The van der Waals surface area contributed by atoms with Gasteiger partial charge in [-0.15, -0.1) is 0 Å². The predicted octanol–water partition coefficient (Wildman–Crippen LogP) is -1.66. The zero-order chi connectivity index (χ0) is 14.4. The molecule has 0 spiro atoms. The molecule has 0 atom stereocenters. The van der Waals surface area contributed by atoms with Crippen molar-refractivity contribution in [2.45, 2.75) is 31.7 Å². The monoisotopic (exact) mass is 266 g/mol. The van der Waals surface area contributed by atoms with Crippen LogP contribution in [-0.2, 0) is 9.53 Å². The van der Waals surface area contributed by atoms with Gasteiger partial charge in [-0.2, -0.15) is 0 Å². The van der Waals surface area contributed by atoms with Gasteiger partial charge in [0.05, 0.1) is 25.4 Å². The number of carbonyl (C=O) groups excluding carboxylic acids is 1. The van der Waals surface area contributed by atoms with Gasteiger partial charge in [0.1, 0.15) is 6.61 Å². The highest BCUT2D eigenvalue weighted by atomic mass is 16.5. The molecule has 0 radical (unpaired) electrons. The molecular weight excluding hydrogens is 240 g/mol. The minimum atomic E-state index is -1.21. The van der Waals surface area contributed by atoms with Gasteiger partial charge in [0, 0.05) is 13.0 Å². The summed E-state index contributed by atoms with van der Waals surface area (Å²) in [5.74, 6) is -0.132. The standard InChI is InChI=1S/C7H15NO2.C4H11NO3/c1-2-3-4-7(9)10-6-5-8;5-4(1-6,2-7)3-8/h2-6,8H2,1H3;6-8H,1-3,5H2. The molecule has 0 heterocycles. The smallest absolute Gasteiger partial charge is 0.305 e. The summed E-state index contributed by atoms with van der Waals surface area (Å²) in [6.07, 6.45) is 2.46. The molecule has 0 aliphatic rings. The zero-order valence-corrected chi connectivity index (χ0v) is 11.0. The lowest BCUT2D eigenvalue weighted by atomic mass is 10.1. The number of hydrogen-bond donors (Lipinski definition) is 5. The second-order valence-electron chi connectivity index (χ2n) is 3.95. The van der Waals surface area contributed by atoms with E-state index < -0.39 is 25.4 Å². The molecule has 18 heavy (non-hydrogen) atoms. The molecule has 0 amide bonds. The molecule has 0 fully saturated rings. The summed E-state index contributed by atoms with van der Waals surface area (Å²) >= 11 is 0. The average molecular weight is 266 g/mol. The maximum Gasteiger partial charge on any atom is 0.305 e. The highest BCUT2D eigenvalue weighted by Gasteiger charge is 2.20. The quantitative estimate of drug-likeness (QED) is 0.331. The first-order chi connectivity index (χ1) is 8.49. The number of esters is 1. The molecule has 7 heteroatoms. The van der Waals surface area contributed by atoms with Crippen LogP contribution in [0.4, 0.5) is 0 Å². The van der Waals surface area contributed by atoms with Crippen molar-refractivity contribution in [2.24, 2.45) is 11.5 Å². The van der Waals surface area contributed by atoms with Gasteiger partial charge in [-0.05, 0) is 6.42 Å². The van der Waals surface area contributed by atoms with Crippen molar-refractivity contribution in [1.82, 2.24) is 0 Å². The van der Waals surface area contributed by atoms with Gasteiger partial charge in [0.25, 0.3) is 0 Å². The fraction of sp³-hybridized carbons (Fsp3) is 0.909. The molecule has 0 bridgehead atoms. The Morgan fingerprint density at radius 3 is 2.00 bits per heavy atom. The van der Waals surface area contributed by atoms with Gasteiger partial charge >= 0.3 is 5.97 Å². The average Bonchev–Trinajstić information content (AvgIpc) is 2.42. The molecule has 0 aliphatic heterocycles. The van der Waals surface area contributed by atoms with Crippen molar-refractivity contribution in [1.29, 1.82) is 0 Å². The van der Waals surface area contributed by atoms with Crippen molar-refractivity contribution in [3.05, 3.63) is 0 Å². The maximum absolute atomic E-state index is 10.7. The number of unbranched alkanes of at least 4 members (excludes halogenated alkanes) is 1. The maximum atomic E-state index is 10.7. The molecule has 0 rings (SSSR count). The molecule has 0 saturated heterocycles. The Bertz CT molecular complexity index is 180. The lowest BCUT2D eigenvalue weighted by Crippen LogP contribution is -2.50. The van der Waals surface area contributed by atoms with Crippen molar-refractivity contribution in [3.63, 3.8) is 0 Å². The van der Waals surface area contributed by atoms with Gasteiger partial charge in [-0.3, -0.25) is 4.79 Å². The molecule has 7 N–H and O–H groups in total. The van der Waals surface area contributed by atoms with Crippen LogP contribution in [0, 0.1) is 0 Å².